The number of hydrogen-bond donors (Lipinski definition) is 1. The van der Waals surface area contributed by atoms with E-state index in [-0.39, 0.29) is 6.61 Å². The molecule has 5 heteroatoms. The van der Waals surface area contributed by atoms with Gasteiger partial charge in [0.05, 0.1) is 7.11 Å². The summed E-state index contributed by atoms with van der Waals surface area (Å²) in [5, 5.41) is 0. The Hall–Kier alpha value is -2.53. The van der Waals surface area contributed by atoms with E-state index in [0.29, 0.717) is 22.8 Å². The van der Waals surface area contributed by atoms with Crippen LogP contribution < -0.4 is 15.2 Å². The standard InChI is InChI=1S/C25H32N2O3/c1-29-23-14-19(10-11-22(23)30-17-24(26)28)15-27-16-21(20-8-4-2-5-9-20)25(18-27)12-6-3-7-13-25/h2,4-5,8-11,14,21H,3,6-7,12-13,15-18H2,1H3,(H2,26,28)/t21-/m1/s1. The maximum atomic E-state index is 11.0. The Labute approximate surface area is 179 Å². The maximum absolute atomic E-state index is 11.0. The summed E-state index contributed by atoms with van der Waals surface area (Å²) in [5.41, 5.74) is 8.26. The summed E-state index contributed by atoms with van der Waals surface area (Å²) in [6, 6.07) is 17.0. The molecule has 5 nitrogen and oxygen atoms in total. The van der Waals surface area contributed by atoms with Crippen molar-refractivity contribution in [1.82, 2.24) is 4.90 Å². The number of hydrogen-bond acceptors (Lipinski definition) is 4. The number of methoxy groups -OCH3 is 1. The van der Waals surface area contributed by atoms with Gasteiger partial charge < -0.3 is 15.2 Å². The Morgan fingerprint density at radius 1 is 1.10 bits per heavy atom. The maximum Gasteiger partial charge on any atom is 0.255 e. The molecule has 2 aromatic rings. The number of benzene rings is 2. The van der Waals surface area contributed by atoms with Gasteiger partial charge in [-0.1, -0.05) is 55.7 Å². The van der Waals surface area contributed by atoms with Gasteiger partial charge in [0.1, 0.15) is 0 Å². The van der Waals surface area contributed by atoms with Crippen LogP contribution in [0.4, 0.5) is 0 Å². The number of primary amides is 1. The Morgan fingerprint density at radius 3 is 2.57 bits per heavy atom. The molecule has 2 N–H and O–H groups in total. The zero-order valence-corrected chi connectivity index (χ0v) is 17.8. The van der Waals surface area contributed by atoms with Crippen molar-refractivity contribution in [1.29, 1.82) is 0 Å². The highest BCUT2D eigenvalue weighted by Gasteiger charge is 2.47. The molecule has 30 heavy (non-hydrogen) atoms. The molecule has 0 bridgehead atoms. The lowest BCUT2D eigenvalue weighted by Gasteiger charge is -2.38. The average Bonchev–Trinajstić information content (AvgIpc) is 3.10. The predicted molar refractivity (Wildman–Crippen MR) is 118 cm³/mol. The molecule has 2 aromatic carbocycles. The molecular weight excluding hydrogens is 376 g/mol. The summed E-state index contributed by atoms with van der Waals surface area (Å²) in [4.78, 5) is 13.6. The van der Waals surface area contributed by atoms with Gasteiger partial charge in [0, 0.05) is 25.6 Å². The minimum absolute atomic E-state index is 0.150. The van der Waals surface area contributed by atoms with Gasteiger partial charge in [-0.15, -0.1) is 0 Å². The first-order valence-electron chi connectivity index (χ1n) is 10.9. The highest BCUT2D eigenvalue weighted by atomic mass is 16.5. The van der Waals surface area contributed by atoms with Crippen molar-refractivity contribution in [2.75, 3.05) is 26.8 Å². The third-order valence-electron chi connectivity index (χ3n) is 6.77. The first-order valence-corrected chi connectivity index (χ1v) is 10.9. The quantitative estimate of drug-likeness (QED) is 0.749. The summed E-state index contributed by atoms with van der Waals surface area (Å²) in [6.07, 6.45) is 6.71. The second-order valence-corrected chi connectivity index (χ2v) is 8.80. The molecule has 1 aliphatic heterocycles. The molecule has 0 aromatic heterocycles. The molecule has 1 saturated heterocycles. The van der Waals surface area contributed by atoms with Crippen LogP contribution in [0.5, 0.6) is 11.5 Å². The van der Waals surface area contributed by atoms with Gasteiger partial charge in [0.15, 0.2) is 18.1 Å². The van der Waals surface area contributed by atoms with Gasteiger partial charge in [0.2, 0.25) is 0 Å². The molecular formula is C25H32N2O3. The van der Waals surface area contributed by atoms with Crippen LogP contribution >= 0.6 is 0 Å². The number of ether oxygens (including phenoxy) is 2. The molecule has 1 atom stereocenters. The van der Waals surface area contributed by atoms with Gasteiger partial charge in [-0.3, -0.25) is 9.69 Å². The minimum Gasteiger partial charge on any atom is -0.493 e. The van der Waals surface area contributed by atoms with Crippen molar-refractivity contribution in [3.05, 3.63) is 59.7 Å². The van der Waals surface area contributed by atoms with Crippen molar-refractivity contribution in [2.24, 2.45) is 11.1 Å². The fourth-order valence-electron chi connectivity index (χ4n) is 5.44. The Balaban J connectivity index is 1.51. The fourth-order valence-corrected chi connectivity index (χ4v) is 5.44. The summed E-state index contributed by atoms with van der Waals surface area (Å²) < 4.78 is 11.0. The first kappa shape index (κ1) is 20.7. The summed E-state index contributed by atoms with van der Waals surface area (Å²) in [6.45, 7) is 2.97. The van der Waals surface area contributed by atoms with Crippen LogP contribution in [0.3, 0.4) is 0 Å². The third kappa shape index (κ3) is 4.46. The van der Waals surface area contributed by atoms with Crippen LogP contribution in [0, 0.1) is 5.41 Å². The molecule has 4 rings (SSSR count). The van der Waals surface area contributed by atoms with Crippen molar-refractivity contribution in [3.8, 4) is 11.5 Å². The number of likely N-dealkylation sites (tertiary alicyclic amines) is 1. The van der Waals surface area contributed by atoms with Gasteiger partial charge in [-0.25, -0.2) is 0 Å². The van der Waals surface area contributed by atoms with E-state index in [1.165, 1.54) is 43.2 Å². The van der Waals surface area contributed by atoms with Gasteiger partial charge in [0.25, 0.3) is 5.91 Å². The number of carbonyl (C=O) groups is 1. The van der Waals surface area contributed by atoms with Crippen molar-refractivity contribution in [2.45, 2.75) is 44.6 Å². The minimum atomic E-state index is -0.497. The van der Waals surface area contributed by atoms with Crippen molar-refractivity contribution >= 4 is 5.91 Å². The fraction of sp³-hybridized carbons (Fsp3) is 0.480. The second-order valence-electron chi connectivity index (χ2n) is 8.80. The van der Waals surface area contributed by atoms with E-state index in [1.54, 1.807) is 7.11 Å². The SMILES string of the molecule is COc1cc(CN2C[C@H](c3ccccc3)C3(CCCCC3)C2)ccc1OCC(N)=O. The normalized spacial score (nSPS) is 20.9. The highest BCUT2D eigenvalue weighted by molar-refractivity contribution is 5.75. The van der Waals surface area contributed by atoms with Crippen LogP contribution in [0.25, 0.3) is 0 Å². The van der Waals surface area contributed by atoms with E-state index in [0.717, 1.165) is 19.6 Å². The van der Waals surface area contributed by atoms with Gasteiger partial charge in [-0.05, 0) is 41.5 Å². The van der Waals surface area contributed by atoms with E-state index in [4.69, 9.17) is 15.2 Å². The predicted octanol–water partition coefficient (Wildman–Crippen LogP) is 4.11. The molecule has 2 fully saturated rings. The molecule has 0 unspecified atom stereocenters. The van der Waals surface area contributed by atoms with E-state index in [9.17, 15) is 4.79 Å². The molecule has 1 saturated carbocycles. The lowest BCUT2D eigenvalue weighted by Crippen LogP contribution is -2.32. The van der Waals surface area contributed by atoms with E-state index < -0.39 is 5.91 Å². The zero-order valence-electron chi connectivity index (χ0n) is 17.8. The van der Waals surface area contributed by atoms with Gasteiger partial charge in [-0.2, -0.15) is 0 Å². The number of amides is 1. The topological polar surface area (TPSA) is 64.8 Å². The monoisotopic (exact) mass is 408 g/mol. The Morgan fingerprint density at radius 2 is 1.87 bits per heavy atom. The Bertz CT molecular complexity index is 862. The van der Waals surface area contributed by atoms with Crippen molar-refractivity contribution < 1.29 is 14.3 Å². The molecule has 0 radical (unpaired) electrons. The zero-order chi connectivity index (χ0) is 21.0. The van der Waals surface area contributed by atoms with Crippen LogP contribution in [-0.2, 0) is 11.3 Å². The van der Waals surface area contributed by atoms with Gasteiger partial charge >= 0.3 is 0 Å². The highest BCUT2D eigenvalue weighted by Crippen LogP contribution is 2.52. The molecule has 1 amide bonds. The first-order chi connectivity index (χ1) is 14.6. The van der Waals surface area contributed by atoms with Crippen LogP contribution in [-0.4, -0.2) is 37.6 Å². The summed E-state index contributed by atoms with van der Waals surface area (Å²) >= 11 is 0. The number of nitrogens with two attached hydrogens (primary N) is 1. The average molecular weight is 409 g/mol. The van der Waals surface area contributed by atoms with Crippen molar-refractivity contribution in [3.63, 3.8) is 0 Å². The molecule has 1 heterocycles. The van der Waals surface area contributed by atoms with E-state index in [1.807, 2.05) is 12.1 Å². The molecule has 2 aliphatic rings. The Kier molecular flexibility index (Phi) is 6.28. The molecule has 1 aliphatic carbocycles. The summed E-state index contributed by atoms with van der Waals surface area (Å²) in [7, 11) is 1.62. The molecule has 160 valence electrons. The third-order valence-corrected chi connectivity index (χ3v) is 6.77. The smallest absolute Gasteiger partial charge is 0.255 e. The van der Waals surface area contributed by atoms with E-state index in [2.05, 4.69) is 41.3 Å². The number of rotatable bonds is 7. The summed E-state index contributed by atoms with van der Waals surface area (Å²) in [5.74, 6) is 1.29. The van der Waals surface area contributed by atoms with Crippen LogP contribution in [0.2, 0.25) is 0 Å². The van der Waals surface area contributed by atoms with E-state index >= 15 is 0 Å². The number of carbonyl (C=O) groups excluding carboxylic acids is 1. The molecule has 1 spiro atoms. The van der Waals surface area contributed by atoms with Crippen LogP contribution in [0.1, 0.15) is 49.1 Å². The largest absolute Gasteiger partial charge is 0.493 e. The second kappa shape index (κ2) is 9.09. The lowest BCUT2D eigenvalue weighted by atomic mass is 9.66. The lowest BCUT2D eigenvalue weighted by molar-refractivity contribution is -0.119. The number of nitrogens with zero attached hydrogens (tertiary/aromatic N) is 1. The van der Waals surface area contributed by atoms with Crippen LogP contribution in [0.15, 0.2) is 48.5 Å².